The van der Waals surface area contributed by atoms with E-state index < -0.39 is 25.2 Å². The average Bonchev–Trinajstić information content (AvgIpc) is 3.13. The standard InChI is InChI=1S/C11H15F3N4O2S/c12-11(13,14)6-17(3-4-19)9(20)5-21-10-16-15-7-18(10)8-1-2-8/h7-8,19H,1-6H2. The molecule has 1 aromatic rings. The summed E-state index contributed by atoms with van der Waals surface area (Å²) in [4.78, 5) is 12.4. The SMILES string of the molecule is O=C(CSc1nncn1C1CC1)N(CCO)CC(F)(F)F. The maximum Gasteiger partial charge on any atom is 0.406 e. The molecule has 1 aliphatic rings. The molecule has 1 aromatic heterocycles. The van der Waals surface area contributed by atoms with Crippen molar-refractivity contribution in [2.24, 2.45) is 0 Å². The molecule has 0 saturated heterocycles. The van der Waals surface area contributed by atoms with Crippen LogP contribution in [0.5, 0.6) is 0 Å². The number of alkyl halides is 3. The highest BCUT2D eigenvalue weighted by Gasteiger charge is 2.33. The summed E-state index contributed by atoms with van der Waals surface area (Å²) in [5, 5.41) is 16.9. The van der Waals surface area contributed by atoms with Crippen molar-refractivity contribution in [3.8, 4) is 0 Å². The van der Waals surface area contributed by atoms with Crippen molar-refractivity contribution in [1.29, 1.82) is 0 Å². The number of hydrogen-bond donors (Lipinski definition) is 1. The van der Waals surface area contributed by atoms with Gasteiger partial charge in [0.2, 0.25) is 5.91 Å². The molecule has 1 N–H and O–H groups in total. The van der Waals surface area contributed by atoms with E-state index in [1.807, 2.05) is 4.57 Å². The zero-order valence-electron chi connectivity index (χ0n) is 11.1. The lowest BCUT2D eigenvalue weighted by Gasteiger charge is -2.22. The van der Waals surface area contributed by atoms with Crippen LogP contribution in [0.3, 0.4) is 0 Å². The van der Waals surface area contributed by atoms with Crippen LogP contribution in [0.2, 0.25) is 0 Å². The van der Waals surface area contributed by atoms with Gasteiger partial charge in [0.05, 0.1) is 12.4 Å². The molecule has 0 aromatic carbocycles. The number of aliphatic hydroxyl groups excluding tert-OH is 1. The highest BCUT2D eigenvalue weighted by atomic mass is 32.2. The lowest BCUT2D eigenvalue weighted by molar-refractivity contribution is -0.160. The van der Waals surface area contributed by atoms with Crippen LogP contribution in [0.1, 0.15) is 18.9 Å². The van der Waals surface area contributed by atoms with Gasteiger partial charge in [-0.1, -0.05) is 11.8 Å². The Kier molecular flexibility index (Phi) is 5.09. The molecule has 0 atom stereocenters. The van der Waals surface area contributed by atoms with E-state index in [1.165, 1.54) is 0 Å². The zero-order chi connectivity index (χ0) is 15.5. The smallest absolute Gasteiger partial charge is 0.395 e. The van der Waals surface area contributed by atoms with Gasteiger partial charge in [0.25, 0.3) is 0 Å². The molecule has 1 saturated carbocycles. The Balaban J connectivity index is 1.90. The number of hydrogen-bond acceptors (Lipinski definition) is 5. The number of carbonyl (C=O) groups is 1. The second-order valence-corrected chi connectivity index (χ2v) is 5.64. The van der Waals surface area contributed by atoms with Crippen molar-refractivity contribution in [3.05, 3.63) is 6.33 Å². The van der Waals surface area contributed by atoms with Crippen LogP contribution in [-0.2, 0) is 4.79 Å². The minimum Gasteiger partial charge on any atom is -0.395 e. The van der Waals surface area contributed by atoms with Gasteiger partial charge in [0.15, 0.2) is 5.16 Å². The molecule has 21 heavy (non-hydrogen) atoms. The summed E-state index contributed by atoms with van der Waals surface area (Å²) in [6, 6.07) is 0.335. The molecule has 0 aliphatic heterocycles. The van der Waals surface area contributed by atoms with Crippen LogP contribution in [0, 0.1) is 0 Å². The molecule has 6 nitrogen and oxygen atoms in total. The second kappa shape index (κ2) is 6.65. The number of thioether (sulfide) groups is 1. The van der Waals surface area contributed by atoms with Gasteiger partial charge in [-0.05, 0) is 12.8 Å². The third-order valence-corrected chi connectivity index (χ3v) is 3.84. The Labute approximate surface area is 123 Å². The van der Waals surface area contributed by atoms with E-state index in [0.29, 0.717) is 16.1 Å². The van der Waals surface area contributed by atoms with Gasteiger partial charge in [-0.2, -0.15) is 13.2 Å². The van der Waals surface area contributed by atoms with Crippen LogP contribution < -0.4 is 0 Å². The molecule has 0 spiro atoms. The predicted octanol–water partition coefficient (Wildman–Crippen LogP) is 1.09. The van der Waals surface area contributed by atoms with E-state index in [1.54, 1.807) is 6.33 Å². The Bertz CT molecular complexity index is 490. The fourth-order valence-corrected chi connectivity index (χ4v) is 2.67. The number of carbonyl (C=O) groups excluding carboxylic acids is 1. The summed E-state index contributed by atoms with van der Waals surface area (Å²) in [6.45, 7) is -2.21. The molecule has 1 fully saturated rings. The minimum atomic E-state index is -4.48. The summed E-state index contributed by atoms with van der Waals surface area (Å²) >= 11 is 1.06. The van der Waals surface area contributed by atoms with E-state index in [-0.39, 0.29) is 12.3 Å². The molecular weight excluding hydrogens is 309 g/mol. The molecule has 2 rings (SSSR count). The monoisotopic (exact) mass is 324 g/mol. The Morgan fingerprint density at radius 2 is 2.24 bits per heavy atom. The summed E-state index contributed by atoms with van der Waals surface area (Å²) in [7, 11) is 0. The van der Waals surface area contributed by atoms with E-state index in [0.717, 1.165) is 24.6 Å². The number of aliphatic hydroxyl groups is 1. The minimum absolute atomic E-state index is 0.165. The Morgan fingerprint density at radius 1 is 1.52 bits per heavy atom. The van der Waals surface area contributed by atoms with Crippen LogP contribution in [0.15, 0.2) is 11.5 Å². The fourth-order valence-electron chi connectivity index (χ4n) is 1.79. The quantitative estimate of drug-likeness (QED) is 0.760. The molecule has 10 heteroatoms. The van der Waals surface area contributed by atoms with E-state index >= 15 is 0 Å². The number of aromatic nitrogens is 3. The fraction of sp³-hybridized carbons (Fsp3) is 0.727. The molecule has 0 bridgehead atoms. The molecule has 1 aliphatic carbocycles. The van der Waals surface area contributed by atoms with Crippen molar-refractivity contribution >= 4 is 17.7 Å². The van der Waals surface area contributed by atoms with Crippen molar-refractivity contribution < 1.29 is 23.1 Å². The molecule has 1 heterocycles. The second-order valence-electron chi connectivity index (χ2n) is 4.69. The lowest BCUT2D eigenvalue weighted by Crippen LogP contribution is -2.41. The largest absolute Gasteiger partial charge is 0.406 e. The van der Waals surface area contributed by atoms with E-state index in [2.05, 4.69) is 10.2 Å². The van der Waals surface area contributed by atoms with Gasteiger partial charge in [-0.15, -0.1) is 10.2 Å². The number of nitrogens with zero attached hydrogens (tertiary/aromatic N) is 4. The highest BCUT2D eigenvalue weighted by molar-refractivity contribution is 7.99. The van der Waals surface area contributed by atoms with Crippen LogP contribution in [-0.4, -0.2) is 62.3 Å². The molecule has 0 radical (unpaired) electrons. The maximum absolute atomic E-state index is 12.4. The molecule has 1 amide bonds. The number of halogens is 3. The lowest BCUT2D eigenvalue weighted by atomic mass is 10.4. The van der Waals surface area contributed by atoms with Gasteiger partial charge in [0, 0.05) is 12.6 Å². The Hall–Kier alpha value is -1.29. The summed E-state index contributed by atoms with van der Waals surface area (Å²) in [5.74, 6) is -0.849. The van der Waals surface area contributed by atoms with E-state index in [9.17, 15) is 18.0 Å². The first-order chi connectivity index (χ1) is 9.90. The van der Waals surface area contributed by atoms with Gasteiger partial charge >= 0.3 is 6.18 Å². The van der Waals surface area contributed by atoms with Crippen LogP contribution >= 0.6 is 11.8 Å². The van der Waals surface area contributed by atoms with Crippen LogP contribution in [0.4, 0.5) is 13.2 Å². The molecule has 118 valence electrons. The summed E-state index contributed by atoms with van der Waals surface area (Å²) in [6.07, 6.45) is -0.885. The number of rotatable bonds is 7. The average molecular weight is 324 g/mol. The van der Waals surface area contributed by atoms with Crippen molar-refractivity contribution in [2.75, 3.05) is 25.4 Å². The maximum atomic E-state index is 12.4. The first-order valence-corrected chi connectivity index (χ1v) is 7.37. The normalized spacial score (nSPS) is 15.2. The van der Waals surface area contributed by atoms with Crippen LogP contribution in [0.25, 0.3) is 0 Å². The third-order valence-electron chi connectivity index (χ3n) is 2.90. The summed E-state index contributed by atoms with van der Waals surface area (Å²) in [5.41, 5.74) is 0. The van der Waals surface area contributed by atoms with Crippen molar-refractivity contribution in [1.82, 2.24) is 19.7 Å². The molecular formula is C11H15F3N4O2S. The van der Waals surface area contributed by atoms with Crippen molar-refractivity contribution in [3.63, 3.8) is 0 Å². The zero-order valence-corrected chi connectivity index (χ0v) is 11.9. The molecule has 0 unspecified atom stereocenters. The van der Waals surface area contributed by atoms with Gasteiger partial charge in [-0.25, -0.2) is 0 Å². The number of amides is 1. The predicted molar refractivity (Wildman–Crippen MR) is 68.7 cm³/mol. The Morgan fingerprint density at radius 3 is 2.81 bits per heavy atom. The van der Waals surface area contributed by atoms with Gasteiger partial charge in [0.1, 0.15) is 12.9 Å². The highest BCUT2D eigenvalue weighted by Crippen LogP contribution is 2.37. The van der Waals surface area contributed by atoms with E-state index in [4.69, 9.17) is 5.11 Å². The topological polar surface area (TPSA) is 71.2 Å². The third kappa shape index (κ3) is 4.88. The first kappa shape index (κ1) is 16.1. The van der Waals surface area contributed by atoms with Gasteiger partial charge < -0.3 is 14.6 Å². The van der Waals surface area contributed by atoms with Gasteiger partial charge in [-0.3, -0.25) is 4.79 Å². The summed E-state index contributed by atoms with van der Waals surface area (Å²) < 4.78 is 38.9. The first-order valence-electron chi connectivity index (χ1n) is 6.38. The van der Waals surface area contributed by atoms with Crippen molar-refractivity contribution in [2.45, 2.75) is 30.2 Å².